The Labute approximate surface area is 280 Å². The summed E-state index contributed by atoms with van der Waals surface area (Å²) >= 11 is 0. The van der Waals surface area contributed by atoms with Gasteiger partial charge in [-0.15, -0.1) is 6.58 Å². The van der Waals surface area contributed by atoms with E-state index in [1.54, 1.807) is 6.08 Å². The first-order valence-corrected chi connectivity index (χ1v) is 15.9. The molecular formula is C41H38O7. The average molecular weight is 643 g/mol. The van der Waals surface area contributed by atoms with Crippen LogP contribution in [0.15, 0.2) is 135 Å². The lowest BCUT2D eigenvalue weighted by Crippen LogP contribution is -2.28. The summed E-state index contributed by atoms with van der Waals surface area (Å²) in [4.78, 5) is 11.4. The molecule has 1 aliphatic rings. The second-order valence-corrected chi connectivity index (χ2v) is 11.6. The molecule has 0 amide bonds. The first-order valence-electron chi connectivity index (χ1n) is 15.9. The molecule has 48 heavy (non-hydrogen) atoms. The molecule has 0 bridgehead atoms. The molecule has 3 unspecified atom stereocenters. The van der Waals surface area contributed by atoms with E-state index in [4.69, 9.17) is 18.9 Å². The van der Waals surface area contributed by atoms with Crippen LogP contribution in [0.2, 0.25) is 0 Å². The second-order valence-electron chi connectivity index (χ2n) is 11.6. The van der Waals surface area contributed by atoms with Gasteiger partial charge in [-0.1, -0.05) is 97.6 Å². The summed E-state index contributed by atoms with van der Waals surface area (Å²) < 4.78 is 22.1. The fourth-order valence-corrected chi connectivity index (χ4v) is 6.44. The van der Waals surface area contributed by atoms with Crippen molar-refractivity contribution in [3.05, 3.63) is 157 Å². The van der Waals surface area contributed by atoms with Gasteiger partial charge >= 0.3 is 5.97 Å². The quantitative estimate of drug-likeness (QED) is 0.0563. The van der Waals surface area contributed by atoms with E-state index < -0.39 is 23.6 Å². The molecule has 0 radical (unpaired) electrons. The normalized spacial score (nSPS) is 16.0. The molecule has 0 saturated heterocycles. The number of esters is 1. The molecule has 5 aromatic rings. The Morgan fingerprint density at radius 1 is 0.688 bits per heavy atom. The van der Waals surface area contributed by atoms with E-state index in [1.807, 2.05) is 24.3 Å². The number of hydrogen-bond donors (Lipinski definition) is 2. The third kappa shape index (κ3) is 6.49. The molecule has 7 nitrogen and oxygen atoms in total. The molecule has 0 saturated carbocycles. The number of ether oxygens (including phenoxy) is 4. The van der Waals surface area contributed by atoms with Crippen LogP contribution in [0.4, 0.5) is 0 Å². The summed E-state index contributed by atoms with van der Waals surface area (Å²) in [6.07, 6.45) is 0.948. The highest BCUT2D eigenvalue weighted by atomic mass is 16.5. The van der Waals surface area contributed by atoms with Crippen LogP contribution >= 0.6 is 0 Å². The van der Waals surface area contributed by atoms with Crippen LogP contribution in [0.25, 0.3) is 21.9 Å². The molecule has 0 aliphatic heterocycles. The van der Waals surface area contributed by atoms with E-state index in [1.165, 1.54) is 27.5 Å². The first-order chi connectivity index (χ1) is 23.4. The summed E-state index contributed by atoms with van der Waals surface area (Å²) in [6, 6.07) is 37.4. The Balaban J connectivity index is 1.38. The van der Waals surface area contributed by atoms with Gasteiger partial charge in [0.05, 0.1) is 18.6 Å². The molecule has 6 rings (SSSR count). The number of benzene rings is 5. The molecule has 244 valence electrons. The lowest BCUT2D eigenvalue weighted by molar-refractivity contribution is -0.141. The summed E-state index contributed by atoms with van der Waals surface area (Å²) in [5.74, 6) is 0.620. The number of carbonyl (C=O) groups excluding carboxylic acids is 1. The third-order valence-electron chi connectivity index (χ3n) is 8.52. The van der Waals surface area contributed by atoms with Gasteiger partial charge in [-0.25, -0.2) is 4.79 Å². The maximum Gasteiger partial charge on any atom is 0.330 e. The van der Waals surface area contributed by atoms with E-state index in [2.05, 4.69) is 98.1 Å². The Morgan fingerprint density at radius 2 is 1.29 bits per heavy atom. The zero-order valence-corrected chi connectivity index (χ0v) is 26.6. The van der Waals surface area contributed by atoms with Crippen molar-refractivity contribution in [1.29, 1.82) is 0 Å². The molecule has 0 fully saturated rings. The molecule has 0 aromatic heterocycles. The van der Waals surface area contributed by atoms with E-state index in [9.17, 15) is 15.0 Å². The van der Waals surface area contributed by atoms with Crippen LogP contribution in [0, 0.1) is 0 Å². The highest BCUT2D eigenvalue weighted by molar-refractivity contribution is 6.04. The minimum atomic E-state index is -0.983. The third-order valence-corrected chi connectivity index (χ3v) is 8.52. The van der Waals surface area contributed by atoms with Gasteiger partial charge in [0.15, 0.2) is 0 Å². The summed E-state index contributed by atoms with van der Waals surface area (Å²) in [7, 11) is 0. The van der Waals surface area contributed by atoms with Gasteiger partial charge in [-0.3, -0.25) is 0 Å². The Hall–Kier alpha value is -5.21. The molecule has 0 heterocycles. The predicted octanol–water partition coefficient (Wildman–Crippen LogP) is 6.61. The van der Waals surface area contributed by atoms with Gasteiger partial charge in [0.2, 0.25) is 0 Å². The van der Waals surface area contributed by atoms with Crippen LogP contribution in [-0.4, -0.2) is 61.4 Å². The minimum Gasteiger partial charge on any atom is -0.491 e. The molecule has 0 spiro atoms. The van der Waals surface area contributed by atoms with Crippen LogP contribution in [0.1, 0.15) is 22.3 Å². The largest absolute Gasteiger partial charge is 0.491 e. The highest BCUT2D eigenvalue weighted by Crippen LogP contribution is 2.57. The number of fused-ring (bicyclic) bond motifs is 5. The maximum atomic E-state index is 11.4. The predicted molar refractivity (Wildman–Crippen MR) is 186 cm³/mol. The van der Waals surface area contributed by atoms with Gasteiger partial charge in [0.1, 0.15) is 43.5 Å². The first kappa shape index (κ1) is 32.7. The number of aliphatic hydroxyl groups is 2. The van der Waals surface area contributed by atoms with Crippen molar-refractivity contribution in [3.63, 3.8) is 0 Å². The summed E-state index contributed by atoms with van der Waals surface area (Å²) in [6.45, 7) is 7.40. The second kappa shape index (κ2) is 14.7. The SMILES string of the molecule is C=CCOCC(O)COc1ccc(C2(c3ccc(OCC(O)COC(=O)C=C)cc3)c3ccccc3-c3c2ccc2ccccc32)cc1. The van der Waals surface area contributed by atoms with Crippen molar-refractivity contribution in [2.45, 2.75) is 17.6 Å². The van der Waals surface area contributed by atoms with Crippen LogP contribution in [0.3, 0.4) is 0 Å². The van der Waals surface area contributed by atoms with Gasteiger partial charge in [-0.2, -0.15) is 0 Å². The molecule has 3 atom stereocenters. The Kier molecular flexibility index (Phi) is 10.0. The fraction of sp³-hybridized carbons (Fsp3) is 0.195. The van der Waals surface area contributed by atoms with Crippen molar-refractivity contribution in [2.75, 3.05) is 33.0 Å². The topological polar surface area (TPSA) is 94.5 Å². The monoisotopic (exact) mass is 642 g/mol. The summed E-state index contributed by atoms with van der Waals surface area (Å²) in [5, 5.41) is 22.9. The lowest BCUT2D eigenvalue weighted by Gasteiger charge is -2.34. The van der Waals surface area contributed by atoms with Crippen molar-refractivity contribution in [3.8, 4) is 22.6 Å². The molecule has 7 heteroatoms. The smallest absolute Gasteiger partial charge is 0.330 e. The zero-order valence-electron chi connectivity index (χ0n) is 26.6. The van der Waals surface area contributed by atoms with E-state index in [0.717, 1.165) is 22.8 Å². The van der Waals surface area contributed by atoms with Crippen molar-refractivity contribution < 1.29 is 34.0 Å². The average Bonchev–Trinajstić information content (AvgIpc) is 3.44. The maximum absolute atomic E-state index is 11.4. The van der Waals surface area contributed by atoms with E-state index >= 15 is 0 Å². The van der Waals surface area contributed by atoms with Gasteiger partial charge in [-0.05, 0) is 68.4 Å². The zero-order chi connectivity index (χ0) is 33.5. The Bertz CT molecular complexity index is 1900. The van der Waals surface area contributed by atoms with Gasteiger partial charge < -0.3 is 29.2 Å². The highest BCUT2D eigenvalue weighted by Gasteiger charge is 2.46. The Morgan fingerprint density at radius 3 is 1.94 bits per heavy atom. The molecule has 5 aromatic carbocycles. The molecular weight excluding hydrogens is 604 g/mol. The number of rotatable bonds is 15. The van der Waals surface area contributed by atoms with E-state index in [0.29, 0.717) is 18.1 Å². The lowest BCUT2D eigenvalue weighted by atomic mass is 9.67. The standard InChI is InChI=1S/C41H38O7/c1-3-23-45-24-31(42)25-46-33-18-14-29(15-19-33)41(30-16-20-34(21-17-30)47-26-32(43)27-48-39(44)4-2)37-12-8-7-11-36(37)40-35-10-6-5-9-28(35)13-22-38(40)41/h3-22,31-32,42-43H,1-2,23-27H2. The van der Waals surface area contributed by atoms with E-state index in [-0.39, 0.29) is 26.4 Å². The van der Waals surface area contributed by atoms with Gasteiger partial charge in [0, 0.05) is 6.08 Å². The van der Waals surface area contributed by atoms with Gasteiger partial charge in [0.25, 0.3) is 0 Å². The number of aliphatic hydroxyl groups excluding tert-OH is 2. The number of hydrogen-bond acceptors (Lipinski definition) is 7. The minimum absolute atomic E-state index is 0.0386. The van der Waals surface area contributed by atoms with Crippen LogP contribution in [0.5, 0.6) is 11.5 Å². The van der Waals surface area contributed by atoms with Crippen molar-refractivity contribution >= 4 is 16.7 Å². The fourth-order valence-electron chi connectivity index (χ4n) is 6.44. The summed E-state index contributed by atoms with van der Waals surface area (Å²) in [5.41, 5.74) is 6.13. The molecule has 1 aliphatic carbocycles. The van der Waals surface area contributed by atoms with Crippen LogP contribution < -0.4 is 9.47 Å². The molecule has 2 N–H and O–H groups in total. The van der Waals surface area contributed by atoms with Crippen molar-refractivity contribution in [2.24, 2.45) is 0 Å². The number of carbonyl (C=O) groups is 1. The van der Waals surface area contributed by atoms with Crippen LogP contribution in [-0.2, 0) is 19.7 Å². The van der Waals surface area contributed by atoms with Crippen molar-refractivity contribution in [1.82, 2.24) is 0 Å².